The molecule has 0 radical (unpaired) electrons. The lowest BCUT2D eigenvalue weighted by Gasteiger charge is -2.28. The number of aromatic nitrogens is 3. The Balaban J connectivity index is 1.56. The highest BCUT2D eigenvalue weighted by molar-refractivity contribution is 6.30. The molecule has 0 saturated carbocycles. The minimum atomic E-state index is 0.208. The molecular formula is C19H23ClN4O. The van der Waals surface area contributed by atoms with Gasteiger partial charge in [-0.3, -0.25) is 4.79 Å². The molecule has 4 rings (SSSR count). The Morgan fingerprint density at radius 1 is 1.20 bits per heavy atom. The molecule has 2 aliphatic rings. The summed E-state index contributed by atoms with van der Waals surface area (Å²) in [5.41, 5.74) is 1.01. The smallest absolute Gasteiger partial charge is 0.227 e. The van der Waals surface area contributed by atoms with Crippen LogP contribution in [0, 0.1) is 0 Å². The first kappa shape index (κ1) is 16.6. The van der Waals surface area contributed by atoms with Crippen LogP contribution < -0.4 is 0 Å². The molecule has 0 aliphatic carbocycles. The van der Waals surface area contributed by atoms with Crippen molar-refractivity contribution in [3.8, 4) is 0 Å². The highest BCUT2D eigenvalue weighted by Crippen LogP contribution is 2.33. The van der Waals surface area contributed by atoms with Crippen LogP contribution >= 0.6 is 11.6 Å². The molecule has 0 N–H and O–H groups in total. The largest absolute Gasteiger partial charge is 0.334 e. The number of carbonyl (C=O) groups excluding carboxylic acids is 1. The van der Waals surface area contributed by atoms with Gasteiger partial charge in [0.25, 0.3) is 0 Å². The molecule has 3 heterocycles. The zero-order valence-corrected chi connectivity index (χ0v) is 15.4. The number of nitrogens with zero attached hydrogens (tertiary/aromatic N) is 4. The Morgan fingerprint density at radius 3 is 2.64 bits per heavy atom. The summed E-state index contributed by atoms with van der Waals surface area (Å²) >= 11 is 5.94. The van der Waals surface area contributed by atoms with Crippen molar-refractivity contribution in [1.29, 1.82) is 0 Å². The second-order valence-electron chi connectivity index (χ2n) is 7.43. The predicted molar refractivity (Wildman–Crippen MR) is 96.6 cm³/mol. The van der Waals surface area contributed by atoms with E-state index < -0.39 is 0 Å². The van der Waals surface area contributed by atoms with Crippen molar-refractivity contribution in [3.63, 3.8) is 0 Å². The monoisotopic (exact) mass is 358 g/mol. The van der Waals surface area contributed by atoms with E-state index in [1.54, 1.807) is 0 Å². The Hall–Kier alpha value is -1.88. The van der Waals surface area contributed by atoms with E-state index in [9.17, 15) is 4.79 Å². The molecule has 2 bridgehead atoms. The second-order valence-corrected chi connectivity index (χ2v) is 7.87. The summed E-state index contributed by atoms with van der Waals surface area (Å²) in [4.78, 5) is 15.1. The van der Waals surface area contributed by atoms with Gasteiger partial charge in [0, 0.05) is 29.9 Å². The number of fused-ring (bicyclic) bond motifs is 3. The van der Waals surface area contributed by atoms with Gasteiger partial charge in [-0.15, -0.1) is 10.2 Å². The number of amides is 1. The first-order valence-electron chi connectivity index (χ1n) is 9.00. The van der Waals surface area contributed by atoms with Crippen LogP contribution in [0.15, 0.2) is 24.3 Å². The van der Waals surface area contributed by atoms with Gasteiger partial charge in [0.05, 0.1) is 12.5 Å². The molecule has 6 heteroatoms. The van der Waals surface area contributed by atoms with Crippen LogP contribution in [0.1, 0.15) is 49.8 Å². The predicted octanol–water partition coefficient (Wildman–Crippen LogP) is 3.21. The van der Waals surface area contributed by atoms with Gasteiger partial charge in [-0.2, -0.15) is 0 Å². The van der Waals surface area contributed by atoms with Crippen molar-refractivity contribution in [2.75, 3.05) is 0 Å². The molecule has 25 heavy (non-hydrogen) atoms. The van der Waals surface area contributed by atoms with Crippen molar-refractivity contribution in [2.45, 2.75) is 64.1 Å². The minimum Gasteiger partial charge on any atom is -0.334 e. The summed E-state index contributed by atoms with van der Waals surface area (Å²) in [5, 5.41) is 9.48. The number of benzene rings is 1. The summed E-state index contributed by atoms with van der Waals surface area (Å²) in [6, 6.07) is 8.06. The van der Waals surface area contributed by atoms with E-state index >= 15 is 0 Å². The summed E-state index contributed by atoms with van der Waals surface area (Å²) in [6.45, 7) is 5.10. The van der Waals surface area contributed by atoms with Crippen molar-refractivity contribution in [3.05, 3.63) is 46.5 Å². The van der Waals surface area contributed by atoms with Crippen LogP contribution in [0.3, 0.4) is 0 Å². The molecule has 5 nitrogen and oxygen atoms in total. The highest BCUT2D eigenvalue weighted by Gasteiger charge is 2.41. The standard InChI is InChI=1S/C19H23ClN4O/c1-12(2)19-22-21-17-10-15-7-8-16(11-23(17)19)24(15)18(25)9-13-3-5-14(20)6-4-13/h3-6,12,15-16H,7-11H2,1-2H3/t15-,16+/m0/s1. The normalized spacial score (nSPS) is 22.2. The fourth-order valence-corrected chi connectivity index (χ4v) is 4.29. The van der Waals surface area contributed by atoms with Crippen LogP contribution in [0.25, 0.3) is 0 Å². The number of hydrogen-bond acceptors (Lipinski definition) is 3. The summed E-state index contributed by atoms with van der Waals surface area (Å²) < 4.78 is 2.25. The Bertz CT molecular complexity index is 783. The van der Waals surface area contributed by atoms with Gasteiger partial charge in [-0.1, -0.05) is 37.6 Å². The second kappa shape index (κ2) is 6.45. The van der Waals surface area contributed by atoms with Crippen LogP contribution in [0.5, 0.6) is 0 Å². The molecule has 0 unspecified atom stereocenters. The maximum atomic E-state index is 13.0. The number of carbonyl (C=O) groups is 1. The average Bonchev–Trinajstić information content (AvgIpc) is 3.09. The molecule has 2 aliphatic heterocycles. The van der Waals surface area contributed by atoms with Gasteiger partial charge in [0.15, 0.2) is 0 Å². The van der Waals surface area contributed by atoms with E-state index in [4.69, 9.17) is 11.6 Å². The summed E-state index contributed by atoms with van der Waals surface area (Å²) in [6.07, 6.45) is 3.36. The Kier molecular flexibility index (Phi) is 4.28. The molecule has 2 aromatic rings. The van der Waals surface area contributed by atoms with E-state index in [-0.39, 0.29) is 18.0 Å². The van der Waals surface area contributed by atoms with Crippen molar-refractivity contribution < 1.29 is 4.79 Å². The molecule has 1 saturated heterocycles. The van der Waals surface area contributed by atoms with Crippen LogP contribution in [0.4, 0.5) is 0 Å². The number of rotatable bonds is 3. The van der Waals surface area contributed by atoms with Gasteiger partial charge < -0.3 is 9.47 Å². The topological polar surface area (TPSA) is 51.0 Å². The van der Waals surface area contributed by atoms with E-state index in [2.05, 4.69) is 33.5 Å². The molecule has 1 amide bonds. The maximum absolute atomic E-state index is 13.0. The van der Waals surface area contributed by atoms with Crippen LogP contribution in [-0.4, -0.2) is 37.7 Å². The molecule has 132 valence electrons. The van der Waals surface area contributed by atoms with Gasteiger partial charge in [0.1, 0.15) is 11.6 Å². The van der Waals surface area contributed by atoms with Gasteiger partial charge in [-0.05, 0) is 30.5 Å². The van der Waals surface area contributed by atoms with Gasteiger partial charge in [-0.25, -0.2) is 0 Å². The van der Waals surface area contributed by atoms with Crippen molar-refractivity contribution >= 4 is 17.5 Å². The molecule has 1 aromatic heterocycles. The fraction of sp³-hybridized carbons (Fsp3) is 0.526. The highest BCUT2D eigenvalue weighted by atomic mass is 35.5. The maximum Gasteiger partial charge on any atom is 0.227 e. The third-order valence-electron chi connectivity index (χ3n) is 5.36. The minimum absolute atomic E-state index is 0.208. The van der Waals surface area contributed by atoms with E-state index in [0.29, 0.717) is 17.4 Å². The molecular weight excluding hydrogens is 336 g/mol. The molecule has 2 atom stereocenters. The van der Waals surface area contributed by atoms with Gasteiger partial charge in [0.2, 0.25) is 5.91 Å². The molecule has 0 spiro atoms. The lowest BCUT2D eigenvalue weighted by atomic mass is 10.1. The Morgan fingerprint density at radius 2 is 1.92 bits per heavy atom. The van der Waals surface area contributed by atoms with Crippen molar-refractivity contribution in [1.82, 2.24) is 19.7 Å². The van der Waals surface area contributed by atoms with E-state index in [0.717, 1.165) is 43.0 Å². The third-order valence-corrected chi connectivity index (χ3v) is 5.61. The summed E-state index contributed by atoms with van der Waals surface area (Å²) in [5.74, 6) is 2.61. The molecule has 1 aromatic carbocycles. The Labute approximate surface area is 153 Å². The zero-order chi connectivity index (χ0) is 17.6. The third kappa shape index (κ3) is 3.06. The molecule has 1 fully saturated rings. The number of halogens is 1. The first-order valence-corrected chi connectivity index (χ1v) is 9.38. The van der Waals surface area contributed by atoms with Crippen LogP contribution in [-0.2, 0) is 24.2 Å². The average molecular weight is 359 g/mol. The quantitative estimate of drug-likeness (QED) is 0.846. The lowest BCUT2D eigenvalue weighted by molar-refractivity contribution is -0.133. The SMILES string of the molecule is CC(C)c1nnc2n1C[C@H]1CC[C@@H](C2)N1C(=O)Cc1ccc(Cl)cc1. The van der Waals surface area contributed by atoms with E-state index in [1.165, 1.54) is 0 Å². The van der Waals surface area contributed by atoms with E-state index in [1.807, 2.05) is 24.3 Å². The first-order chi connectivity index (χ1) is 12.0. The van der Waals surface area contributed by atoms with Crippen LogP contribution in [0.2, 0.25) is 5.02 Å². The number of hydrogen-bond donors (Lipinski definition) is 0. The lowest BCUT2D eigenvalue weighted by Crippen LogP contribution is -2.43. The fourth-order valence-electron chi connectivity index (χ4n) is 4.16. The van der Waals surface area contributed by atoms with Crippen molar-refractivity contribution in [2.24, 2.45) is 0 Å². The summed E-state index contributed by atoms with van der Waals surface area (Å²) in [7, 11) is 0. The zero-order valence-electron chi connectivity index (χ0n) is 14.7. The van der Waals surface area contributed by atoms with Gasteiger partial charge >= 0.3 is 0 Å².